The van der Waals surface area contributed by atoms with Crippen molar-refractivity contribution in [2.45, 2.75) is 38.0 Å². The predicted molar refractivity (Wildman–Crippen MR) is 59.8 cm³/mol. The zero-order valence-corrected chi connectivity index (χ0v) is 9.72. The van der Waals surface area contributed by atoms with Crippen LogP contribution in [0.1, 0.15) is 26.7 Å². The normalized spacial score (nSPS) is 26.0. The first-order valence-corrected chi connectivity index (χ1v) is 6.32. The first-order valence-electron chi connectivity index (χ1n) is 5.27. The Balaban J connectivity index is 2.53. The van der Waals surface area contributed by atoms with Gasteiger partial charge in [-0.1, -0.05) is 13.8 Å². The molecule has 1 heterocycles. The third-order valence-electron chi connectivity index (χ3n) is 2.74. The van der Waals surface area contributed by atoms with Gasteiger partial charge in [0, 0.05) is 24.1 Å². The van der Waals surface area contributed by atoms with Gasteiger partial charge in [0.25, 0.3) is 0 Å². The number of aliphatic carboxylic acids is 1. The van der Waals surface area contributed by atoms with Gasteiger partial charge in [0.1, 0.15) is 6.04 Å². The monoisotopic (exact) mass is 217 g/mol. The summed E-state index contributed by atoms with van der Waals surface area (Å²) in [5, 5.41) is 9.66. The maximum atomic E-state index is 11.0. The molecule has 1 rings (SSSR count). The van der Waals surface area contributed by atoms with Crippen LogP contribution in [0.3, 0.4) is 0 Å². The highest BCUT2D eigenvalue weighted by Gasteiger charge is 2.28. The Morgan fingerprint density at radius 1 is 1.64 bits per heavy atom. The largest absolute Gasteiger partial charge is 0.480 e. The Morgan fingerprint density at radius 3 is 2.86 bits per heavy atom. The van der Waals surface area contributed by atoms with E-state index in [1.807, 2.05) is 18.7 Å². The molecule has 0 saturated carbocycles. The topological polar surface area (TPSA) is 40.5 Å². The minimum absolute atomic E-state index is 0.273. The number of rotatable bonds is 4. The van der Waals surface area contributed by atoms with Crippen LogP contribution in [0.2, 0.25) is 0 Å². The lowest BCUT2D eigenvalue weighted by Crippen LogP contribution is -2.47. The molecule has 1 aliphatic heterocycles. The average molecular weight is 217 g/mol. The van der Waals surface area contributed by atoms with Crippen LogP contribution < -0.4 is 0 Å². The first-order chi connectivity index (χ1) is 6.69. The Kier molecular flexibility index (Phi) is 4.75. The molecule has 0 aliphatic carbocycles. The maximum Gasteiger partial charge on any atom is 0.320 e. The van der Waals surface area contributed by atoms with Crippen molar-refractivity contribution in [3.63, 3.8) is 0 Å². The van der Waals surface area contributed by atoms with Crippen LogP contribution in [0, 0.1) is 0 Å². The van der Waals surface area contributed by atoms with Gasteiger partial charge in [-0.25, -0.2) is 0 Å². The fourth-order valence-electron chi connectivity index (χ4n) is 1.86. The molecule has 0 spiro atoms. The number of hydrogen-bond acceptors (Lipinski definition) is 3. The Morgan fingerprint density at radius 2 is 2.36 bits per heavy atom. The summed E-state index contributed by atoms with van der Waals surface area (Å²) in [6.45, 7) is 5.97. The molecular weight excluding hydrogens is 198 g/mol. The standard InChI is InChI=1S/C10H19NO2S/c1-3-8-7-11(5-6-14-8)9(4-2)10(12)13/h8-9H,3-7H2,1-2H3,(H,12,13)/t8-,9+/m0/s1. The molecule has 2 atom stereocenters. The van der Waals surface area contributed by atoms with E-state index in [1.165, 1.54) is 0 Å². The van der Waals surface area contributed by atoms with Crippen LogP contribution in [-0.4, -0.2) is 46.1 Å². The first kappa shape index (κ1) is 11.9. The number of carboxylic acid groups (broad SMARTS) is 1. The molecule has 4 heteroatoms. The molecule has 1 saturated heterocycles. The van der Waals surface area contributed by atoms with Crippen LogP contribution in [0.5, 0.6) is 0 Å². The molecule has 0 aromatic carbocycles. The minimum atomic E-state index is -0.672. The molecule has 0 aromatic rings. The fraction of sp³-hybridized carbons (Fsp3) is 0.900. The summed E-state index contributed by atoms with van der Waals surface area (Å²) in [5.41, 5.74) is 0. The van der Waals surface area contributed by atoms with Crippen molar-refractivity contribution in [2.24, 2.45) is 0 Å². The molecule has 0 amide bonds. The Hall–Kier alpha value is -0.220. The van der Waals surface area contributed by atoms with Gasteiger partial charge in [-0.3, -0.25) is 9.69 Å². The van der Waals surface area contributed by atoms with Crippen LogP contribution in [0.25, 0.3) is 0 Å². The highest BCUT2D eigenvalue weighted by atomic mass is 32.2. The average Bonchev–Trinajstić information content (AvgIpc) is 2.19. The summed E-state index contributed by atoms with van der Waals surface area (Å²) in [5.74, 6) is 0.400. The number of carboxylic acids is 1. The van der Waals surface area contributed by atoms with E-state index in [2.05, 4.69) is 11.8 Å². The fourth-order valence-corrected chi connectivity index (χ4v) is 3.07. The van der Waals surface area contributed by atoms with E-state index in [9.17, 15) is 4.79 Å². The summed E-state index contributed by atoms with van der Waals surface area (Å²) in [6.07, 6.45) is 1.84. The number of thioether (sulfide) groups is 1. The number of nitrogens with zero attached hydrogens (tertiary/aromatic N) is 1. The van der Waals surface area contributed by atoms with Crippen LogP contribution in [0.15, 0.2) is 0 Å². The summed E-state index contributed by atoms with van der Waals surface area (Å²) in [7, 11) is 0. The van der Waals surface area contributed by atoms with E-state index >= 15 is 0 Å². The summed E-state index contributed by atoms with van der Waals surface area (Å²) >= 11 is 1.97. The maximum absolute atomic E-state index is 11.0. The zero-order valence-electron chi connectivity index (χ0n) is 8.90. The van der Waals surface area contributed by atoms with E-state index in [0.717, 1.165) is 25.3 Å². The van der Waals surface area contributed by atoms with E-state index in [1.54, 1.807) is 0 Å². The van der Waals surface area contributed by atoms with Gasteiger partial charge < -0.3 is 5.11 Å². The Labute approximate surface area is 89.9 Å². The molecule has 1 aliphatic rings. The Bertz CT molecular complexity index is 199. The van der Waals surface area contributed by atoms with Gasteiger partial charge >= 0.3 is 5.97 Å². The quantitative estimate of drug-likeness (QED) is 0.778. The lowest BCUT2D eigenvalue weighted by atomic mass is 10.1. The number of hydrogen-bond donors (Lipinski definition) is 1. The molecular formula is C10H19NO2S. The summed E-state index contributed by atoms with van der Waals surface area (Å²) in [4.78, 5) is 13.1. The van der Waals surface area contributed by atoms with Crippen molar-refractivity contribution < 1.29 is 9.90 Å². The minimum Gasteiger partial charge on any atom is -0.480 e. The molecule has 1 fully saturated rings. The van der Waals surface area contributed by atoms with Crippen molar-refractivity contribution in [3.8, 4) is 0 Å². The van der Waals surface area contributed by atoms with Gasteiger partial charge in [0.15, 0.2) is 0 Å². The van der Waals surface area contributed by atoms with Crippen LogP contribution in [0.4, 0.5) is 0 Å². The molecule has 82 valence electrons. The smallest absolute Gasteiger partial charge is 0.320 e. The van der Waals surface area contributed by atoms with Crippen LogP contribution in [-0.2, 0) is 4.79 Å². The highest BCUT2D eigenvalue weighted by molar-refractivity contribution is 8.00. The predicted octanol–water partition coefficient (Wildman–Crippen LogP) is 1.68. The molecule has 0 radical (unpaired) electrons. The third kappa shape index (κ3) is 2.89. The van der Waals surface area contributed by atoms with Crippen molar-refractivity contribution in [3.05, 3.63) is 0 Å². The lowest BCUT2D eigenvalue weighted by Gasteiger charge is -2.35. The SMILES string of the molecule is CC[C@H]1CN([C@H](CC)C(=O)O)CCS1. The van der Waals surface area contributed by atoms with Gasteiger partial charge in [-0.05, 0) is 12.8 Å². The molecule has 0 unspecified atom stereocenters. The third-order valence-corrected chi connectivity index (χ3v) is 4.11. The molecule has 1 N–H and O–H groups in total. The highest BCUT2D eigenvalue weighted by Crippen LogP contribution is 2.23. The molecule has 0 aromatic heterocycles. The summed E-state index contributed by atoms with van der Waals surface area (Å²) in [6, 6.07) is -0.273. The van der Waals surface area contributed by atoms with Crippen molar-refractivity contribution >= 4 is 17.7 Å². The van der Waals surface area contributed by atoms with E-state index < -0.39 is 5.97 Å². The van der Waals surface area contributed by atoms with Gasteiger partial charge in [0.05, 0.1) is 0 Å². The van der Waals surface area contributed by atoms with E-state index in [0.29, 0.717) is 11.7 Å². The summed E-state index contributed by atoms with van der Waals surface area (Å²) < 4.78 is 0. The van der Waals surface area contributed by atoms with E-state index in [-0.39, 0.29) is 6.04 Å². The van der Waals surface area contributed by atoms with Crippen molar-refractivity contribution in [1.29, 1.82) is 0 Å². The van der Waals surface area contributed by atoms with Crippen molar-refractivity contribution in [1.82, 2.24) is 4.90 Å². The molecule has 3 nitrogen and oxygen atoms in total. The molecule has 0 bridgehead atoms. The van der Waals surface area contributed by atoms with E-state index in [4.69, 9.17) is 5.11 Å². The van der Waals surface area contributed by atoms with Crippen LogP contribution >= 0.6 is 11.8 Å². The van der Waals surface area contributed by atoms with Gasteiger partial charge in [-0.15, -0.1) is 0 Å². The second-order valence-corrected chi connectivity index (χ2v) is 5.07. The van der Waals surface area contributed by atoms with Crippen molar-refractivity contribution in [2.75, 3.05) is 18.8 Å². The van der Waals surface area contributed by atoms with Gasteiger partial charge in [0.2, 0.25) is 0 Å². The van der Waals surface area contributed by atoms with Gasteiger partial charge in [-0.2, -0.15) is 11.8 Å². The zero-order chi connectivity index (χ0) is 10.6. The molecule has 14 heavy (non-hydrogen) atoms. The lowest BCUT2D eigenvalue weighted by molar-refractivity contribution is -0.143. The second-order valence-electron chi connectivity index (χ2n) is 3.66. The number of carbonyl (C=O) groups is 1. The second kappa shape index (κ2) is 5.61.